The summed E-state index contributed by atoms with van der Waals surface area (Å²) in [6, 6.07) is 14.0. The Hall–Kier alpha value is -5.46. The maximum atomic E-state index is 13.4. The number of benzene rings is 3. The number of hydrogen-bond acceptors (Lipinski definition) is 11. The third-order valence-corrected chi connectivity index (χ3v) is 15.1. The van der Waals surface area contributed by atoms with Crippen molar-refractivity contribution in [3.8, 4) is 23.0 Å². The molecule has 3 aromatic rings. The third kappa shape index (κ3) is 9.28. The van der Waals surface area contributed by atoms with Crippen molar-refractivity contribution in [1.29, 1.82) is 0 Å². The van der Waals surface area contributed by atoms with Crippen molar-refractivity contribution >= 4 is 24.1 Å². The molecule has 3 fully saturated rings. The third-order valence-electron chi connectivity index (χ3n) is 15.1. The Kier molecular flexibility index (Phi) is 14.8. The molecule has 12 heteroatoms. The number of aliphatic hydroxyl groups is 1. The summed E-state index contributed by atoms with van der Waals surface area (Å²) in [7, 11) is 1.72. The first-order valence-electron chi connectivity index (χ1n) is 23.6. The number of amides is 1. The van der Waals surface area contributed by atoms with Crippen LogP contribution >= 0.6 is 0 Å². The molecule has 3 aliphatic carbocycles. The number of likely N-dealkylation sites (N-methyl/N-ethyl adjacent to an activating group) is 1. The summed E-state index contributed by atoms with van der Waals surface area (Å²) in [6.45, 7) is 8.18. The van der Waals surface area contributed by atoms with Gasteiger partial charge in [0.25, 0.3) is 12.4 Å². The van der Waals surface area contributed by atoms with Gasteiger partial charge in [-0.15, -0.1) is 0 Å². The van der Waals surface area contributed by atoms with Gasteiger partial charge < -0.3 is 39.2 Å². The normalized spacial score (nSPS) is 29.6. The quantitative estimate of drug-likeness (QED) is 0.122. The SMILES string of the molecule is C.CCC1CCCCC(C)C(=O)C2=CC3C4CCCC4C=C[C@H]3C2CC(=O)O1.Cc1cc(C(=O)N(C)C2CCC(O)OC2C)ccc1C1(OC=O)c2ccc(O)cc2Oc2cc(O)ccc21. The van der Waals surface area contributed by atoms with Crippen molar-refractivity contribution in [2.45, 2.75) is 136 Å². The molecule has 0 radical (unpaired) electrons. The Balaban J connectivity index is 0.000000204. The van der Waals surface area contributed by atoms with Crippen LogP contribution in [-0.4, -0.2) is 75.9 Å². The van der Waals surface area contributed by atoms with E-state index >= 15 is 0 Å². The van der Waals surface area contributed by atoms with Crippen LogP contribution < -0.4 is 4.74 Å². The highest BCUT2D eigenvalue weighted by atomic mass is 16.6. The van der Waals surface area contributed by atoms with Gasteiger partial charge in [-0.05, 0) is 130 Å². The first-order chi connectivity index (χ1) is 31.2. The van der Waals surface area contributed by atoms with E-state index in [0.717, 1.165) is 37.7 Å². The van der Waals surface area contributed by atoms with Crippen LogP contribution in [0.1, 0.15) is 131 Å². The standard InChI is InChI=1S/C29H29NO8.C24H34O3.CH4/c1-16-12-18(28(35)30(3)24-10-11-27(34)37-17(24)2)4-7-21(16)29(36-15-31)22-8-5-19(32)13-25(22)38-26-14-20(33)6-9-23(26)29;1-3-17-9-5-4-7-15(2)24(26)22-13-20-18-10-6-8-16(18)11-12-19(20)21(22)14-23(25)27-17;/h4-9,12-15,17,24,27,32-34H,10-11H2,1-3H3;11-13,15-21H,3-10,14H2,1-2H3;1H4/t;15?,16?,17?,18?,19-,20?,21?;/m.1./s1. The summed E-state index contributed by atoms with van der Waals surface area (Å²) in [5.74, 6) is 2.60. The fraction of sp³-hybridized carbons (Fsp3) is 0.519. The number of esters is 1. The summed E-state index contributed by atoms with van der Waals surface area (Å²) in [5.41, 5.74) is 2.14. The Bertz CT molecular complexity index is 2300. The molecular weight excluding hydrogens is 839 g/mol. The Morgan fingerprint density at radius 1 is 0.864 bits per heavy atom. The zero-order chi connectivity index (χ0) is 46.2. The highest BCUT2D eigenvalue weighted by Gasteiger charge is 2.49. The van der Waals surface area contributed by atoms with E-state index in [1.54, 1.807) is 42.3 Å². The predicted molar refractivity (Wildman–Crippen MR) is 249 cm³/mol. The number of cyclic esters (lactones) is 1. The number of aromatic hydroxyl groups is 2. The van der Waals surface area contributed by atoms with Crippen molar-refractivity contribution in [3.63, 3.8) is 0 Å². The summed E-state index contributed by atoms with van der Waals surface area (Å²) >= 11 is 0. The average molecular weight is 906 g/mol. The number of ketones is 1. The molecule has 0 spiro atoms. The molecule has 2 saturated heterocycles. The second-order valence-corrected chi connectivity index (χ2v) is 19.0. The molecule has 10 atom stereocenters. The average Bonchev–Trinajstić information content (AvgIpc) is 3.91. The molecule has 354 valence electrons. The second kappa shape index (κ2) is 20.2. The fourth-order valence-corrected chi connectivity index (χ4v) is 11.7. The van der Waals surface area contributed by atoms with E-state index in [2.05, 4.69) is 32.1 Å². The second-order valence-electron chi connectivity index (χ2n) is 19.0. The minimum Gasteiger partial charge on any atom is -0.508 e. The van der Waals surface area contributed by atoms with Crippen LogP contribution in [0.15, 0.2) is 78.4 Å². The number of fused-ring (bicyclic) bond motifs is 7. The highest BCUT2D eigenvalue weighted by molar-refractivity contribution is 5.98. The van der Waals surface area contributed by atoms with E-state index in [0.29, 0.717) is 77.2 Å². The maximum Gasteiger partial charge on any atom is 0.306 e. The number of hydrogen-bond donors (Lipinski definition) is 3. The topological polar surface area (TPSA) is 169 Å². The number of carbonyl (C=O) groups is 4. The monoisotopic (exact) mass is 905 g/mol. The Morgan fingerprint density at radius 2 is 1.55 bits per heavy atom. The lowest BCUT2D eigenvalue weighted by Crippen LogP contribution is -2.49. The lowest BCUT2D eigenvalue weighted by atomic mass is 9.70. The lowest BCUT2D eigenvalue weighted by Gasteiger charge is -2.40. The number of ether oxygens (including phenoxy) is 4. The number of nitrogens with zero attached hydrogens (tertiary/aromatic N) is 1. The highest BCUT2D eigenvalue weighted by Crippen LogP contribution is 2.55. The summed E-state index contributed by atoms with van der Waals surface area (Å²) in [6.07, 6.45) is 16.0. The summed E-state index contributed by atoms with van der Waals surface area (Å²) < 4.78 is 23.2. The van der Waals surface area contributed by atoms with Crippen molar-refractivity contribution in [2.75, 3.05) is 7.05 Å². The summed E-state index contributed by atoms with van der Waals surface area (Å²) in [4.78, 5) is 53.0. The van der Waals surface area contributed by atoms with Crippen LogP contribution in [0, 0.1) is 42.4 Å². The molecule has 1 amide bonds. The predicted octanol–water partition coefficient (Wildman–Crippen LogP) is 9.82. The van der Waals surface area contributed by atoms with Gasteiger partial charge in [-0.25, -0.2) is 0 Å². The van der Waals surface area contributed by atoms with Gasteiger partial charge in [0.1, 0.15) is 29.1 Å². The van der Waals surface area contributed by atoms with Crippen molar-refractivity contribution in [3.05, 3.63) is 106 Å². The van der Waals surface area contributed by atoms with Gasteiger partial charge in [0.2, 0.25) is 0 Å². The number of phenols is 2. The van der Waals surface area contributed by atoms with Gasteiger partial charge in [-0.3, -0.25) is 19.2 Å². The number of allylic oxidation sites excluding steroid dienone is 4. The van der Waals surface area contributed by atoms with Gasteiger partial charge in [0.05, 0.1) is 18.6 Å². The smallest absolute Gasteiger partial charge is 0.306 e. The van der Waals surface area contributed by atoms with Gasteiger partial charge >= 0.3 is 5.97 Å². The number of aryl methyl sites for hydroxylation is 1. The van der Waals surface area contributed by atoms with E-state index in [1.165, 1.54) is 43.5 Å². The van der Waals surface area contributed by atoms with Gasteiger partial charge in [0.15, 0.2) is 17.7 Å². The van der Waals surface area contributed by atoms with Crippen LogP contribution in [0.3, 0.4) is 0 Å². The Morgan fingerprint density at radius 3 is 2.20 bits per heavy atom. The molecule has 3 aliphatic heterocycles. The maximum absolute atomic E-state index is 13.4. The number of Topliss-reactive ketones (excluding diaryl/α,β-unsaturated/α-hetero) is 1. The zero-order valence-electron chi connectivity index (χ0n) is 38.1. The first-order valence-corrected chi connectivity index (χ1v) is 23.6. The Labute approximate surface area is 389 Å². The van der Waals surface area contributed by atoms with Crippen LogP contribution in [0.25, 0.3) is 0 Å². The molecular formula is C54H67NO11. The molecule has 9 unspecified atom stereocenters. The molecule has 3 aromatic carbocycles. The molecule has 0 aromatic heterocycles. The number of phenolic OH excluding ortho intramolecular Hbond substituents is 2. The molecule has 1 saturated carbocycles. The minimum absolute atomic E-state index is 0. The zero-order valence-corrected chi connectivity index (χ0v) is 38.1. The molecule has 12 nitrogen and oxygen atoms in total. The van der Waals surface area contributed by atoms with Crippen molar-refractivity contribution < 1.29 is 53.4 Å². The van der Waals surface area contributed by atoms with E-state index in [1.807, 2.05) is 13.8 Å². The van der Waals surface area contributed by atoms with E-state index in [4.69, 9.17) is 18.9 Å². The van der Waals surface area contributed by atoms with Crippen molar-refractivity contribution in [1.82, 2.24) is 4.90 Å². The number of rotatable bonds is 6. The van der Waals surface area contributed by atoms with Crippen LogP contribution in [0.2, 0.25) is 0 Å². The molecule has 6 aliphatic rings. The first kappa shape index (κ1) is 48.5. The van der Waals surface area contributed by atoms with E-state index < -0.39 is 11.9 Å². The molecule has 66 heavy (non-hydrogen) atoms. The van der Waals surface area contributed by atoms with Gasteiger partial charge in [-0.1, -0.05) is 58.4 Å². The molecule has 9 rings (SSSR count). The molecule has 0 bridgehead atoms. The summed E-state index contributed by atoms with van der Waals surface area (Å²) in [5, 5.41) is 30.0. The van der Waals surface area contributed by atoms with Crippen LogP contribution in [-0.2, 0) is 34.2 Å². The lowest BCUT2D eigenvalue weighted by molar-refractivity contribution is -0.175. The van der Waals surface area contributed by atoms with E-state index in [9.17, 15) is 34.5 Å². The van der Waals surface area contributed by atoms with Crippen molar-refractivity contribution in [2.24, 2.45) is 35.5 Å². The largest absolute Gasteiger partial charge is 0.508 e. The number of aliphatic hydroxyl groups excluding tert-OH is 1. The fourth-order valence-electron chi connectivity index (χ4n) is 11.7. The minimum atomic E-state index is -1.47. The van der Waals surface area contributed by atoms with E-state index in [-0.39, 0.29) is 78.2 Å². The van der Waals surface area contributed by atoms with Gasteiger partial charge in [0, 0.05) is 59.7 Å². The molecule has 3 N–H and O–H groups in total. The molecule has 3 heterocycles. The van der Waals surface area contributed by atoms with Gasteiger partial charge in [-0.2, -0.15) is 0 Å². The van der Waals surface area contributed by atoms with Crippen LogP contribution in [0.5, 0.6) is 23.0 Å². The number of carbonyl (C=O) groups excluding carboxylic acids is 4. The van der Waals surface area contributed by atoms with Crippen LogP contribution in [0.4, 0.5) is 0 Å².